The predicted octanol–water partition coefficient (Wildman–Crippen LogP) is 5.96. The fourth-order valence-corrected chi connectivity index (χ4v) is 6.25. The first kappa shape index (κ1) is 27.7. The third-order valence-electron chi connectivity index (χ3n) is 6.97. The number of aromatic nitrogens is 1. The summed E-state index contributed by atoms with van der Waals surface area (Å²) in [6.45, 7) is 9.21. The van der Waals surface area contributed by atoms with Crippen molar-refractivity contribution in [3.8, 4) is 11.5 Å². The number of aliphatic carboxylic acids is 1. The van der Waals surface area contributed by atoms with Gasteiger partial charge in [0.1, 0.15) is 24.2 Å². The molecular weight excluding hydrogens is 500 g/mol. The highest BCUT2D eigenvalue weighted by Crippen LogP contribution is 2.39. The van der Waals surface area contributed by atoms with Gasteiger partial charge in [0.2, 0.25) is 0 Å². The summed E-state index contributed by atoms with van der Waals surface area (Å²) >= 11 is 1.89. The number of fused-ring (bicyclic) bond motifs is 2. The van der Waals surface area contributed by atoms with E-state index in [0.717, 1.165) is 53.6 Å². The highest BCUT2D eigenvalue weighted by atomic mass is 32.1. The molecule has 1 saturated heterocycles. The second kappa shape index (κ2) is 12.5. The second-order valence-corrected chi connectivity index (χ2v) is 10.9. The normalized spacial score (nSPS) is 18.5. The molecule has 0 radical (unpaired) electrons. The highest BCUT2D eigenvalue weighted by Gasteiger charge is 2.29. The van der Waals surface area contributed by atoms with Gasteiger partial charge in [0.15, 0.2) is 0 Å². The molecule has 8 heteroatoms. The van der Waals surface area contributed by atoms with Crippen molar-refractivity contribution in [2.45, 2.75) is 44.8 Å². The number of β-amino-alcohol motifs (C(OH)–C–C–N with tert-alkyl or cyclic N) is 1. The van der Waals surface area contributed by atoms with Crippen molar-refractivity contribution < 1.29 is 24.5 Å². The molecule has 3 atom stereocenters. The van der Waals surface area contributed by atoms with Crippen LogP contribution in [0.4, 0.5) is 0 Å². The van der Waals surface area contributed by atoms with E-state index >= 15 is 0 Å². The smallest absolute Gasteiger partial charge is 0.327 e. The number of ether oxygens (including phenoxy) is 2. The number of hydrogen-bond donors (Lipinski definition) is 3. The molecule has 0 amide bonds. The number of aliphatic hydroxyl groups excluding tert-OH is 1. The van der Waals surface area contributed by atoms with Crippen LogP contribution in [-0.4, -0.2) is 65.0 Å². The van der Waals surface area contributed by atoms with Crippen LogP contribution in [0.2, 0.25) is 0 Å². The van der Waals surface area contributed by atoms with Gasteiger partial charge >= 0.3 is 5.97 Å². The van der Waals surface area contributed by atoms with Crippen molar-refractivity contribution in [2.75, 3.05) is 26.8 Å². The Morgan fingerprint density at radius 3 is 2.79 bits per heavy atom. The third-order valence-corrected chi connectivity index (χ3v) is 8.23. The average Bonchev–Trinajstić information content (AvgIpc) is 3.51. The zero-order valence-corrected chi connectivity index (χ0v) is 23.0. The number of piperidine rings is 1. The van der Waals surface area contributed by atoms with E-state index in [4.69, 9.17) is 14.6 Å². The standard InChI is InChI=1S/C27H32N2O3S.C3H4O2/c1-17-11-23-24(28-17)5-4-6-25(23)32-16-21(30)15-29-10-9-20(12-18(29)2)26-13-19-7-8-22(31-3)14-27(19)33-26;1-2-3(4)5/h4-8,11,13-14,18,20-21,28,30H,9-10,12,15-16H2,1-3H3;2H,1H2,(H,4,5)/t18?,20-,21?;/m0./s1. The maximum absolute atomic E-state index is 10.7. The van der Waals surface area contributed by atoms with Gasteiger partial charge in [-0.3, -0.25) is 4.90 Å². The lowest BCUT2D eigenvalue weighted by Crippen LogP contribution is -2.45. The fraction of sp³-hybridized carbons (Fsp3) is 0.367. The Morgan fingerprint density at radius 2 is 2.08 bits per heavy atom. The van der Waals surface area contributed by atoms with E-state index in [-0.39, 0.29) is 0 Å². The zero-order chi connectivity index (χ0) is 27.2. The van der Waals surface area contributed by atoms with Gasteiger partial charge in [0, 0.05) is 44.8 Å². The number of aryl methyl sites for hydroxylation is 1. The van der Waals surface area contributed by atoms with Crippen molar-refractivity contribution in [1.29, 1.82) is 0 Å². The lowest BCUT2D eigenvalue weighted by molar-refractivity contribution is -0.131. The largest absolute Gasteiger partial charge is 0.497 e. The number of benzene rings is 2. The van der Waals surface area contributed by atoms with Gasteiger partial charge in [0.05, 0.1) is 7.11 Å². The van der Waals surface area contributed by atoms with E-state index in [1.807, 2.05) is 42.5 Å². The van der Waals surface area contributed by atoms with Gasteiger partial charge in [-0.2, -0.15) is 0 Å². The molecular formula is C30H36N2O5S. The Balaban J connectivity index is 0.000000617. The molecule has 3 N–H and O–H groups in total. The van der Waals surface area contributed by atoms with Crippen LogP contribution in [0.25, 0.3) is 21.0 Å². The number of likely N-dealkylation sites (tertiary alicyclic amines) is 1. The number of aromatic amines is 1. The summed E-state index contributed by atoms with van der Waals surface area (Å²) in [5.41, 5.74) is 2.17. The molecule has 202 valence electrons. The number of rotatable bonds is 8. The zero-order valence-electron chi connectivity index (χ0n) is 22.1. The Labute approximate surface area is 227 Å². The maximum Gasteiger partial charge on any atom is 0.327 e. The molecule has 4 aromatic rings. The van der Waals surface area contributed by atoms with E-state index in [9.17, 15) is 9.90 Å². The number of thiophene rings is 1. The second-order valence-electron chi connectivity index (χ2n) is 9.79. The number of carboxylic acids is 1. The summed E-state index contributed by atoms with van der Waals surface area (Å²) < 4.78 is 12.7. The van der Waals surface area contributed by atoms with Crippen LogP contribution in [0.5, 0.6) is 11.5 Å². The fourth-order valence-electron chi connectivity index (χ4n) is 5.01. The van der Waals surface area contributed by atoms with E-state index in [2.05, 4.69) is 47.7 Å². The minimum atomic E-state index is -0.981. The molecule has 7 nitrogen and oxygen atoms in total. The first-order valence-corrected chi connectivity index (χ1v) is 13.6. The summed E-state index contributed by atoms with van der Waals surface area (Å²) in [5, 5.41) is 20.7. The molecule has 0 aliphatic carbocycles. The Kier molecular flexibility index (Phi) is 9.09. The summed E-state index contributed by atoms with van der Waals surface area (Å²) in [6.07, 6.45) is 2.54. The number of nitrogens with one attached hydrogen (secondary N) is 1. The number of H-pyrrole nitrogens is 1. The molecule has 5 rings (SSSR count). The quantitative estimate of drug-likeness (QED) is 0.240. The van der Waals surface area contributed by atoms with Gasteiger partial charge in [-0.25, -0.2) is 4.79 Å². The van der Waals surface area contributed by atoms with Crippen LogP contribution < -0.4 is 9.47 Å². The molecule has 2 aromatic carbocycles. The van der Waals surface area contributed by atoms with Gasteiger partial charge < -0.3 is 24.7 Å². The van der Waals surface area contributed by atoms with Gasteiger partial charge in [-0.1, -0.05) is 12.6 Å². The molecule has 2 unspecified atom stereocenters. The number of nitrogens with zero attached hydrogens (tertiary/aromatic N) is 1. The van der Waals surface area contributed by atoms with Gasteiger partial charge in [0.25, 0.3) is 0 Å². The number of hydrogen-bond acceptors (Lipinski definition) is 6. The van der Waals surface area contributed by atoms with Crippen LogP contribution in [0.15, 0.2) is 61.2 Å². The van der Waals surface area contributed by atoms with E-state index in [1.165, 1.54) is 15.0 Å². The van der Waals surface area contributed by atoms with Crippen LogP contribution in [0.3, 0.4) is 0 Å². The van der Waals surface area contributed by atoms with Crippen LogP contribution in [-0.2, 0) is 4.79 Å². The van der Waals surface area contributed by atoms with Crippen molar-refractivity contribution in [1.82, 2.24) is 9.88 Å². The monoisotopic (exact) mass is 536 g/mol. The van der Waals surface area contributed by atoms with Crippen molar-refractivity contribution in [3.05, 3.63) is 71.8 Å². The highest BCUT2D eigenvalue weighted by molar-refractivity contribution is 7.19. The number of aliphatic hydroxyl groups is 1. The van der Waals surface area contributed by atoms with Crippen molar-refractivity contribution >= 4 is 38.3 Å². The summed E-state index contributed by atoms with van der Waals surface area (Å²) in [7, 11) is 1.72. The molecule has 1 aliphatic heterocycles. The van der Waals surface area contributed by atoms with Crippen LogP contribution in [0.1, 0.15) is 36.3 Å². The third kappa shape index (κ3) is 6.75. The summed E-state index contributed by atoms with van der Waals surface area (Å²) in [5.74, 6) is 1.33. The van der Waals surface area contributed by atoms with Crippen LogP contribution in [0, 0.1) is 6.92 Å². The van der Waals surface area contributed by atoms with E-state index in [1.54, 1.807) is 7.11 Å². The Morgan fingerprint density at radius 1 is 1.29 bits per heavy atom. The minimum Gasteiger partial charge on any atom is -0.497 e. The molecule has 0 saturated carbocycles. The first-order valence-electron chi connectivity index (χ1n) is 12.8. The van der Waals surface area contributed by atoms with E-state index in [0.29, 0.717) is 25.1 Å². The average molecular weight is 537 g/mol. The van der Waals surface area contributed by atoms with Crippen molar-refractivity contribution in [3.63, 3.8) is 0 Å². The number of methoxy groups -OCH3 is 1. The van der Waals surface area contributed by atoms with Gasteiger partial charge in [-0.15, -0.1) is 11.3 Å². The van der Waals surface area contributed by atoms with Gasteiger partial charge in [-0.05, 0) is 87.0 Å². The Hall–Kier alpha value is -3.33. The summed E-state index contributed by atoms with van der Waals surface area (Å²) in [6, 6.07) is 17.2. The SMILES string of the molecule is C=CC(=O)O.COc1ccc2cc([C@H]3CCN(CC(O)COc4cccc5[nH]c(C)cc45)C(C)C3)sc2c1. The lowest BCUT2D eigenvalue weighted by Gasteiger charge is -2.38. The summed E-state index contributed by atoms with van der Waals surface area (Å²) in [4.78, 5) is 16.4. The first-order chi connectivity index (χ1) is 18.3. The molecule has 38 heavy (non-hydrogen) atoms. The Bertz CT molecular complexity index is 1390. The number of carbonyl (C=O) groups is 1. The topological polar surface area (TPSA) is 95.0 Å². The molecule has 2 aromatic heterocycles. The van der Waals surface area contributed by atoms with E-state index < -0.39 is 12.1 Å². The maximum atomic E-state index is 10.7. The van der Waals surface area contributed by atoms with Crippen molar-refractivity contribution in [2.24, 2.45) is 0 Å². The number of carboxylic acid groups (broad SMARTS) is 1. The predicted molar refractivity (Wildman–Crippen MR) is 154 cm³/mol. The minimum absolute atomic E-state index is 0.300. The molecule has 0 bridgehead atoms. The molecule has 3 heterocycles. The molecule has 1 aliphatic rings. The lowest BCUT2D eigenvalue weighted by atomic mass is 9.90. The van der Waals surface area contributed by atoms with Crippen LogP contribution >= 0.6 is 11.3 Å². The molecule has 0 spiro atoms. The molecule has 1 fully saturated rings.